The van der Waals surface area contributed by atoms with Gasteiger partial charge in [-0.1, -0.05) is 29.3 Å². The third kappa shape index (κ3) is 5.78. The van der Waals surface area contributed by atoms with Crippen molar-refractivity contribution in [3.05, 3.63) is 76.7 Å². The molecule has 1 heterocycles. The fraction of sp³-hybridized carbons (Fsp3) is 0.182. The highest BCUT2D eigenvalue weighted by molar-refractivity contribution is 6.31. The van der Waals surface area contributed by atoms with Crippen molar-refractivity contribution in [2.24, 2.45) is 0 Å². The third-order valence-corrected chi connectivity index (χ3v) is 4.37. The minimum atomic E-state index is -0.509. The molecular weight excluding hydrogens is 408 g/mol. The molecule has 0 saturated heterocycles. The van der Waals surface area contributed by atoms with Gasteiger partial charge in [-0.15, -0.1) is 0 Å². The number of rotatable bonds is 8. The zero-order valence-corrected chi connectivity index (χ0v) is 17.3. The number of ether oxygens (including phenoxy) is 2. The second-order valence-electron chi connectivity index (χ2n) is 6.44. The number of hydrogen-bond donors (Lipinski definition) is 2. The highest BCUT2D eigenvalue weighted by Crippen LogP contribution is 2.27. The summed E-state index contributed by atoms with van der Waals surface area (Å²) in [6.45, 7) is 1.93. The zero-order chi connectivity index (χ0) is 21.5. The number of nitrogens with one attached hydrogen (secondary N) is 2. The first-order chi connectivity index (χ1) is 14.4. The van der Waals surface area contributed by atoms with Crippen LogP contribution in [0.3, 0.4) is 0 Å². The van der Waals surface area contributed by atoms with Gasteiger partial charge in [-0.25, -0.2) is 0 Å². The van der Waals surface area contributed by atoms with E-state index in [9.17, 15) is 9.59 Å². The van der Waals surface area contributed by atoms with Crippen LogP contribution in [0.25, 0.3) is 0 Å². The summed E-state index contributed by atoms with van der Waals surface area (Å²) in [6.07, 6.45) is 0. The summed E-state index contributed by atoms with van der Waals surface area (Å²) < 4.78 is 16.3. The topological polar surface area (TPSA) is 89.8 Å². The van der Waals surface area contributed by atoms with Gasteiger partial charge in [-0.2, -0.15) is 0 Å². The van der Waals surface area contributed by atoms with E-state index >= 15 is 0 Å². The maximum atomic E-state index is 12.2. The summed E-state index contributed by atoms with van der Waals surface area (Å²) in [5.74, 6) is 0.808. The minimum absolute atomic E-state index is 0.0886. The summed E-state index contributed by atoms with van der Waals surface area (Å²) in [5, 5.41) is 5.60. The molecule has 3 aromatic rings. The molecule has 2 N–H and O–H groups in total. The van der Waals surface area contributed by atoms with Crippen molar-refractivity contribution in [3.8, 4) is 11.5 Å². The molecule has 1 aromatic heterocycles. The zero-order valence-electron chi connectivity index (χ0n) is 16.5. The van der Waals surface area contributed by atoms with E-state index in [1.54, 1.807) is 24.3 Å². The van der Waals surface area contributed by atoms with E-state index in [1.165, 1.54) is 13.2 Å². The molecule has 0 fully saturated rings. The van der Waals surface area contributed by atoms with Gasteiger partial charge in [-0.05, 0) is 49.4 Å². The Labute approximate surface area is 178 Å². The predicted octanol–water partition coefficient (Wildman–Crippen LogP) is 4.20. The Bertz CT molecular complexity index is 1030. The Morgan fingerprint density at radius 2 is 1.83 bits per heavy atom. The lowest BCUT2D eigenvalue weighted by molar-refractivity contribution is -0.115. The van der Waals surface area contributed by atoms with E-state index in [2.05, 4.69) is 10.6 Å². The first-order valence-electron chi connectivity index (χ1n) is 9.14. The normalized spacial score (nSPS) is 10.4. The molecule has 156 valence electrons. The lowest BCUT2D eigenvalue weighted by Gasteiger charge is -2.10. The van der Waals surface area contributed by atoms with Crippen LogP contribution in [-0.4, -0.2) is 25.5 Å². The van der Waals surface area contributed by atoms with Crippen molar-refractivity contribution in [2.45, 2.75) is 13.5 Å². The van der Waals surface area contributed by atoms with Gasteiger partial charge in [0, 0.05) is 5.02 Å². The molecule has 0 radical (unpaired) electrons. The number of carbonyl (C=O) groups is 2. The molecule has 30 heavy (non-hydrogen) atoms. The van der Waals surface area contributed by atoms with Gasteiger partial charge in [-0.3, -0.25) is 9.59 Å². The maximum absolute atomic E-state index is 12.2. The van der Waals surface area contributed by atoms with E-state index in [0.29, 0.717) is 28.0 Å². The molecule has 0 aliphatic heterocycles. The van der Waals surface area contributed by atoms with Gasteiger partial charge in [0.05, 0.1) is 19.3 Å². The van der Waals surface area contributed by atoms with E-state index in [4.69, 9.17) is 25.5 Å². The lowest BCUT2D eigenvalue weighted by atomic mass is 10.2. The van der Waals surface area contributed by atoms with Gasteiger partial charge in [0.25, 0.3) is 5.91 Å². The number of halogens is 1. The Balaban J connectivity index is 1.50. The standard InChI is InChI=1S/C22H21ClN2O5/c1-14-3-6-16(7-4-14)29-13-17-8-10-20(30-17)22(27)24-12-21(26)25-18-11-15(23)5-9-19(18)28-2/h3-11H,12-13H2,1-2H3,(H,24,27)(H,25,26). The smallest absolute Gasteiger partial charge is 0.287 e. The van der Waals surface area contributed by atoms with Crippen LogP contribution in [0.2, 0.25) is 5.02 Å². The SMILES string of the molecule is COc1ccc(Cl)cc1NC(=O)CNC(=O)c1ccc(COc2ccc(C)cc2)o1. The van der Waals surface area contributed by atoms with Crippen LogP contribution < -0.4 is 20.1 Å². The number of hydrogen-bond acceptors (Lipinski definition) is 5. The fourth-order valence-electron chi connectivity index (χ4n) is 2.59. The van der Waals surface area contributed by atoms with Gasteiger partial charge in [0.1, 0.15) is 23.9 Å². The van der Waals surface area contributed by atoms with Crippen LogP contribution in [0.15, 0.2) is 59.0 Å². The van der Waals surface area contributed by atoms with Crippen LogP contribution >= 0.6 is 11.6 Å². The summed E-state index contributed by atoms with van der Waals surface area (Å²) in [6, 6.07) is 15.6. The minimum Gasteiger partial charge on any atom is -0.495 e. The van der Waals surface area contributed by atoms with Crippen molar-refractivity contribution in [1.82, 2.24) is 5.32 Å². The van der Waals surface area contributed by atoms with Crippen molar-refractivity contribution in [3.63, 3.8) is 0 Å². The van der Waals surface area contributed by atoms with E-state index in [0.717, 1.165) is 5.56 Å². The maximum Gasteiger partial charge on any atom is 0.287 e. The Hall–Kier alpha value is -3.45. The molecule has 0 bridgehead atoms. The third-order valence-electron chi connectivity index (χ3n) is 4.13. The predicted molar refractivity (Wildman–Crippen MR) is 113 cm³/mol. The largest absolute Gasteiger partial charge is 0.495 e. The number of carbonyl (C=O) groups excluding carboxylic acids is 2. The second-order valence-corrected chi connectivity index (χ2v) is 6.88. The van der Waals surface area contributed by atoms with Crippen LogP contribution in [0, 0.1) is 6.92 Å². The van der Waals surface area contributed by atoms with Gasteiger partial charge in [0.2, 0.25) is 5.91 Å². The Kier molecular flexibility index (Phi) is 6.98. The average molecular weight is 429 g/mol. The summed E-state index contributed by atoms with van der Waals surface area (Å²) in [7, 11) is 1.48. The molecule has 0 aliphatic carbocycles. The molecular formula is C22H21ClN2O5. The highest BCUT2D eigenvalue weighted by atomic mass is 35.5. The molecule has 0 unspecified atom stereocenters. The first-order valence-corrected chi connectivity index (χ1v) is 9.52. The Morgan fingerprint density at radius 1 is 1.07 bits per heavy atom. The van der Waals surface area contributed by atoms with Crippen molar-refractivity contribution >= 4 is 29.1 Å². The van der Waals surface area contributed by atoms with Gasteiger partial charge >= 0.3 is 0 Å². The number of benzene rings is 2. The monoisotopic (exact) mass is 428 g/mol. The molecule has 2 aromatic carbocycles. The van der Waals surface area contributed by atoms with E-state index in [1.807, 2.05) is 31.2 Å². The number of aryl methyl sites for hydroxylation is 1. The van der Waals surface area contributed by atoms with Gasteiger partial charge in [0.15, 0.2) is 5.76 Å². The molecule has 8 heteroatoms. The number of amides is 2. The van der Waals surface area contributed by atoms with Crippen LogP contribution in [-0.2, 0) is 11.4 Å². The van der Waals surface area contributed by atoms with Crippen LogP contribution in [0.1, 0.15) is 21.9 Å². The number of methoxy groups -OCH3 is 1. The summed E-state index contributed by atoms with van der Waals surface area (Å²) in [4.78, 5) is 24.4. The van der Waals surface area contributed by atoms with E-state index in [-0.39, 0.29) is 18.9 Å². The molecule has 0 atom stereocenters. The number of anilines is 1. The van der Waals surface area contributed by atoms with Crippen molar-refractivity contribution in [2.75, 3.05) is 19.0 Å². The van der Waals surface area contributed by atoms with E-state index < -0.39 is 11.8 Å². The first kappa shape index (κ1) is 21.3. The molecule has 3 rings (SSSR count). The van der Waals surface area contributed by atoms with Gasteiger partial charge < -0.3 is 24.5 Å². The Morgan fingerprint density at radius 3 is 2.57 bits per heavy atom. The van der Waals surface area contributed by atoms with Crippen LogP contribution in [0.4, 0.5) is 5.69 Å². The molecule has 2 amide bonds. The van der Waals surface area contributed by atoms with Crippen molar-refractivity contribution in [1.29, 1.82) is 0 Å². The quantitative estimate of drug-likeness (QED) is 0.561. The average Bonchev–Trinajstić information content (AvgIpc) is 3.21. The molecule has 0 saturated carbocycles. The molecule has 7 nitrogen and oxygen atoms in total. The highest BCUT2D eigenvalue weighted by Gasteiger charge is 2.14. The van der Waals surface area contributed by atoms with Crippen molar-refractivity contribution < 1.29 is 23.5 Å². The fourth-order valence-corrected chi connectivity index (χ4v) is 2.76. The second kappa shape index (κ2) is 9.84. The van der Waals surface area contributed by atoms with Crippen LogP contribution in [0.5, 0.6) is 11.5 Å². The molecule has 0 spiro atoms. The number of furan rings is 1. The summed E-state index contributed by atoms with van der Waals surface area (Å²) in [5.41, 5.74) is 1.55. The molecule has 0 aliphatic rings. The lowest BCUT2D eigenvalue weighted by Crippen LogP contribution is -2.32. The summed E-state index contributed by atoms with van der Waals surface area (Å²) >= 11 is 5.94.